The van der Waals surface area contributed by atoms with E-state index in [2.05, 4.69) is 21.2 Å². The van der Waals surface area contributed by atoms with Crippen LogP contribution in [0.4, 0.5) is 10.5 Å². The van der Waals surface area contributed by atoms with Crippen molar-refractivity contribution < 1.29 is 14.7 Å². The number of halogens is 2. The topological polar surface area (TPSA) is 69.6 Å². The number of aliphatic carboxylic acids is 1. The minimum Gasteiger partial charge on any atom is -0.480 e. The van der Waals surface area contributed by atoms with Gasteiger partial charge in [-0.3, -0.25) is 0 Å². The van der Waals surface area contributed by atoms with E-state index in [1.165, 1.54) is 4.90 Å². The average Bonchev–Trinajstić information content (AvgIpc) is 2.82. The fourth-order valence-electron chi connectivity index (χ4n) is 2.04. The molecule has 102 valence electrons. The summed E-state index contributed by atoms with van der Waals surface area (Å²) in [7, 11) is 0. The molecule has 2 rings (SSSR count). The van der Waals surface area contributed by atoms with Crippen LogP contribution in [0.1, 0.15) is 12.8 Å². The maximum atomic E-state index is 12.1. The van der Waals surface area contributed by atoms with Crippen LogP contribution in [0.25, 0.3) is 0 Å². The molecular weight excluding hydrogens is 336 g/mol. The Morgan fingerprint density at radius 1 is 1.47 bits per heavy atom. The molecule has 0 spiro atoms. The maximum absolute atomic E-state index is 12.1. The third kappa shape index (κ3) is 3.19. The van der Waals surface area contributed by atoms with E-state index in [1.807, 2.05) is 0 Å². The number of carbonyl (C=O) groups excluding carboxylic acids is 1. The molecule has 1 aromatic rings. The number of hydrogen-bond donors (Lipinski definition) is 2. The number of carboxylic acids is 1. The van der Waals surface area contributed by atoms with Crippen molar-refractivity contribution in [1.82, 2.24) is 4.90 Å². The minimum atomic E-state index is -0.970. The lowest BCUT2D eigenvalue weighted by Gasteiger charge is -2.22. The monoisotopic (exact) mass is 346 g/mol. The number of likely N-dealkylation sites (tertiary alicyclic amines) is 1. The molecule has 1 saturated heterocycles. The fourth-order valence-corrected chi connectivity index (χ4v) is 2.83. The molecule has 1 atom stereocenters. The molecule has 2 amide bonds. The van der Waals surface area contributed by atoms with E-state index in [0.717, 1.165) is 0 Å². The van der Waals surface area contributed by atoms with Gasteiger partial charge in [-0.15, -0.1) is 0 Å². The van der Waals surface area contributed by atoms with Gasteiger partial charge in [0.1, 0.15) is 6.04 Å². The molecule has 5 nitrogen and oxygen atoms in total. The van der Waals surface area contributed by atoms with Crippen molar-refractivity contribution in [1.29, 1.82) is 0 Å². The van der Waals surface area contributed by atoms with Crippen LogP contribution in [0.3, 0.4) is 0 Å². The Morgan fingerprint density at radius 2 is 2.21 bits per heavy atom. The van der Waals surface area contributed by atoms with E-state index in [-0.39, 0.29) is 0 Å². The molecule has 1 fully saturated rings. The van der Waals surface area contributed by atoms with Crippen LogP contribution in [0.2, 0.25) is 5.02 Å². The summed E-state index contributed by atoms with van der Waals surface area (Å²) in [5, 5.41) is 12.3. The van der Waals surface area contributed by atoms with Crippen molar-refractivity contribution in [2.45, 2.75) is 18.9 Å². The molecule has 0 bridgehead atoms. The second-order valence-corrected chi connectivity index (χ2v) is 5.53. The largest absolute Gasteiger partial charge is 0.480 e. The number of hydrogen-bond acceptors (Lipinski definition) is 2. The zero-order chi connectivity index (χ0) is 14.0. The number of nitrogens with one attached hydrogen (secondary N) is 1. The first-order valence-electron chi connectivity index (χ1n) is 5.74. The van der Waals surface area contributed by atoms with Crippen LogP contribution in [0.15, 0.2) is 22.7 Å². The van der Waals surface area contributed by atoms with Gasteiger partial charge in [-0.1, -0.05) is 11.6 Å². The molecule has 0 aromatic heterocycles. The van der Waals surface area contributed by atoms with E-state index in [0.29, 0.717) is 34.6 Å². The Morgan fingerprint density at radius 3 is 2.84 bits per heavy atom. The first kappa shape index (κ1) is 14.1. The van der Waals surface area contributed by atoms with Crippen LogP contribution in [-0.2, 0) is 4.79 Å². The second-order valence-electron chi connectivity index (χ2n) is 4.24. The lowest BCUT2D eigenvalue weighted by Crippen LogP contribution is -2.42. The van der Waals surface area contributed by atoms with Gasteiger partial charge in [-0.05, 0) is 47.0 Å². The smallest absolute Gasteiger partial charge is 0.326 e. The van der Waals surface area contributed by atoms with E-state index in [4.69, 9.17) is 16.7 Å². The van der Waals surface area contributed by atoms with Gasteiger partial charge < -0.3 is 15.3 Å². The third-order valence-electron chi connectivity index (χ3n) is 2.97. The predicted octanol–water partition coefficient (Wildman–Crippen LogP) is 3.18. The Bertz CT molecular complexity index is 524. The number of carboxylic acid groups (broad SMARTS) is 1. The molecule has 19 heavy (non-hydrogen) atoms. The van der Waals surface area contributed by atoms with Crippen molar-refractivity contribution in [2.24, 2.45) is 0 Å². The molecular formula is C12H12BrClN2O3. The van der Waals surface area contributed by atoms with Crippen molar-refractivity contribution in [3.8, 4) is 0 Å². The molecule has 0 radical (unpaired) electrons. The molecule has 7 heteroatoms. The lowest BCUT2D eigenvalue weighted by atomic mass is 10.2. The number of anilines is 1. The summed E-state index contributed by atoms with van der Waals surface area (Å²) in [6, 6.07) is 3.83. The Hall–Kier alpha value is -1.27. The van der Waals surface area contributed by atoms with Crippen molar-refractivity contribution in [2.75, 3.05) is 11.9 Å². The number of nitrogens with zero attached hydrogens (tertiary/aromatic N) is 1. The van der Waals surface area contributed by atoms with Crippen LogP contribution < -0.4 is 5.32 Å². The van der Waals surface area contributed by atoms with Crippen molar-refractivity contribution in [3.63, 3.8) is 0 Å². The SMILES string of the molecule is O=C(O)[C@H]1CCCN1C(=O)Nc1ccc(Cl)cc1Br. The molecule has 0 unspecified atom stereocenters. The summed E-state index contributed by atoms with van der Waals surface area (Å²) < 4.78 is 0.652. The molecule has 1 heterocycles. The molecule has 1 aliphatic rings. The number of benzene rings is 1. The molecule has 2 N–H and O–H groups in total. The predicted molar refractivity (Wildman–Crippen MR) is 75.5 cm³/mol. The Balaban J connectivity index is 2.10. The summed E-state index contributed by atoms with van der Waals surface area (Å²) in [6.07, 6.45) is 1.19. The fraction of sp³-hybridized carbons (Fsp3) is 0.333. The number of urea groups is 1. The minimum absolute atomic E-state index is 0.409. The normalized spacial score (nSPS) is 18.4. The van der Waals surface area contributed by atoms with Gasteiger partial charge in [0.25, 0.3) is 0 Å². The standard InChI is InChI=1S/C12H12BrClN2O3/c13-8-6-7(14)3-4-9(8)15-12(19)16-5-1-2-10(16)11(17)18/h3-4,6,10H,1-2,5H2,(H,15,19)(H,17,18)/t10-/m1/s1. The van der Waals surface area contributed by atoms with Gasteiger partial charge in [0.05, 0.1) is 5.69 Å². The second kappa shape index (κ2) is 5.79. The highest BCUT2D eigenvalue weighted by Crippen LogP contribution is 2.27. The van der Waals surface area contributed by atoms with Crippen LogP contribution in [-0.4, -0.2) is 34.6 Å². The number of carbonyl (C=O) groups is 2. The van der Waals surface area contributed by atoms with Crippen LogP contribution >= 0.6 is 27.5 Å². The summed E-state index contributed by atoms with van der Waals surface area (Å²) in [6.45, 7) is 0.452. The number of rotatable bonds is 2. The van der Waals surface area contributed by atoms with Crippen LogP contribution in [0, 0.1) is 0 Å². The van der Waals surface area contributed by atoms with E-state index in [9.17, 15) is 9.59 Å². The first-order valence-corrected chi connectivity index (χ1v) is 6.91. The van der Waals surface area contributed by atoms with Crippen LogP contribution in [0.5, 0.6) is 0 Å². The van der Waals surface area contributed by atoms with Crippen molar-refractivity contribution in [3.05, 3.63) is 27.7 Å². The summed E-state index contributed by atoms with van der Waals surface area (Å²) in [5.74, 6) is -0.970. The van der Waals surface area contributed by atoms with E-state index < -0.39 is 18.0 Å². The third-order valence-corrected chi connectivity index (χ3v) is 3.86. The molecule has 0 saturated carbocycles. The van der Waals surface area contributed by atoms with E-state index in [1.54, 1.807) is 18.2 Å². The van der Waals surface area contributed by atoms with Gasteiger partial charge in [-0.25, -0.2) is 9.59 Å². The highest BCUT2D eigenvalue weighted by atomic mass is 79.9. The summed E-state index contributed by atoms with van der Waals surface area (Å²) in [5.41, 5.74) is 0.561. The highest BCUT2D eigenvalue weighted by Gasteiger charge is 2.34. The van der Waals surface area contributed by atoms with Gasteiger partial charge in [-0.2, -0.15) is 0 Å². The molecule has 1 aromatic carbocycles. The van der Waals surface area contributed by atoms with Gasteiger partial charge in [0.15, 0.2) is 0 Å². The van der Waals surface area contributed by atoms with Crippen molar-refractivity contribution >= 4 is 45.2 Å². The van der Waals surface area contributed by atoms with Gasteiger partial charge in [0.2, 0.25) is 0 Å². The maximum Gasteiger partial charge on any atom is 0.326 e. The lowest BCUT2D eigenvalue weighted by molar-refractivity contribution is -0.141. The van der Waals surface area contributed by atoms with Gasteiger partial charge >= 0.3 is 12.0 Å². The zero-order valence-electron chi connectivity index (χ0n) is 9.90. The first-order chi connectivity index (χ1) is 8.99. The summed E-state index contributed by atoms with van der Waals surface area (Å²) >= 11 is 9.11. The quantitative estimate of drug-likeness (QED) is 0.863. The number of amides is 2. The zero-order valence-corrected chi connectivity index (χ0v) is 12.2. The highest BCUT2D eigenvalue weighted by molar-refractivity contribution is 9.10. The average molecular weight is 348 g/mol. The summed E-state index contributed by atoms with van der Waals surface area (Å²) in [4.78, 5) is 24.4. The van der Waals surface area contributed by atoms with Gasteiger partial charge in [0, 0.05) is 16.0 Å². The Kier molecular flexibility index (Phi) is 4.31. The molecule has 0 aliphatic carbocycles. The van der Waals surface area contributed by atoms with E-state index >= 15 is 0 Å². The molecule has 1 aliphatic heterocycles. The Labute approximate surface area is 123 Å².